The van der Waals surface area contributed by atoms with Crippen LogP contribution in [-0.2, 0) is 46.3 Å². The van der Waals surface area contributed by atoms with Crippen molar-refractivity contribution in [2.45, 2.75) is 115 Å². The zero-order valence-electron chi connectivity index (χ0n) is 48.5. The molecule has 0 radical (unpaired) electrons. The normalized spacial score (nSPS) is 17.7. The van der Waals surface area contributed by atoms with E-state index in [1.165, 1.54) is 16.9 Å². The number of likely N-dealkylation sites (tertiary alicyclic amines) is 1. The molecule has 8 rings (SSSR count). The highest BCUT2D eigenvalue weighted by Gasteiger charge is 2.45. The Morgan fingerprint density at radius 1 is 0.759 bits per heavy atom. The third-order valence-electron chi connectivity index (χ3n) is 15.0. The van der Waals surface area contributed by atoms with Gasteiger partial charge in [0.05, 0.1) is 83.7 Å². The molecule has 5 aromatic rings. The molecule has 2 aromatic heterocycles. The first-order chi connectivity index (χ1) is 40.5. The van der Waals surface area contributed by atoms with E-state index in [0.29, 0.717) is 108 Å². The number of likely N-dealkylation sites (N-methyl/N-ethyl adjacent to an activating group) is 1. The van der Waals surface area contributed by atoms with Gasteiger partial charge in [-0.2, -0.15) is 4.98 Å². The summed E-state index contributed by atoms with van der Waals surface area (Å²) in [5.74, 6) is 2.08. The Bertz CT molecular complexity index is 2820. The third kappa shape index (κ3) is 19.4. The molecule has 6 N–H and O–H groups in total. The molecule has 21 heteroatoms. The zero-order valence-corrected chi connectivity index (χ0v) is 49.4. The second-order valence-corrected chi connectivity index (χ2v) is 22.5. The monoisotopic (exact) mass is 1160 g/mol. The van der Waals surface area contributed by atoms with Crippen LogP contribution in [0.2, 0.25) is 0 Å². The minimum atomic E-state index is -0.777. The van der Waals surface area contributed by atoms with E-state index in [-0.39, 0.29) is 42.1 Å². The van der Waals surface area contributed by atoms with Gasteiger partial charge in [0.25, 0.3) is 5.91 Å². The van der Waals surface area contributed by atoms with E-state index in [9.17, 15) is 19.2 Å². The van der Waals surface area contributed by atoms with Crippen LogP contribution in [0.25, 0.3) is 10.6 Å². The van der Waals surface area contributed by atoms with Crippen LogP contribution < -0.4 is 41.4 Å². The van der Waals surface area contributed by atoms with Gasteiger partial charge >= 0.3 is 0 Å². The van der Waals surface area contributed by atoms with Crippen LogP contribution in [0.1, 0.15) is 105 Å². The number of carbonyl (C=O) groups is 4. The maximum absolute atomic E-state index is 14.8. The Balaban J connectivity index is 0.678. The lowest BCUT2D eigenvalue weighted by Gasteiger charge is -2.35. The van der Waals surface area contributed by atoms with Crippen LogP contribution in [0.5, 0.6) is 11.5 Å². The smallest absolute Gasteiger partial charge is 0.251 e. The summed E-state index contributed by atoms with van der Waals surface area (Å²) in [4.78, 5) is 70.5. The highest BCUT2D eigenvalue weighted by atomic mass is 32.1. The Morgan fingerprint density at radius 2 is 1.48 bits per heavy atom. The molecule has 3 aromatic carbocycles. The molecular formula is C62H84N10O10S. The number of aryl methyl sites for hydroxylation is 1. The fourth-order valence-electron chi connectivity index (χ4n) is 10.4. The zero-order chi connectivity index (χ0) is 58.2. The van der Waals surface area contributed by atoms with Crippen LogP contribution in [0.3, 0.4) is 0 Å². The molecule has 448 valence electrons. The maximum Gasteiger partial charge on any atom is 0.251 e. The van der Waals surface area contributed by atoms with Crippen molar-refractivity contribution in [3.05, 3.63) is 113 Å². The number of ether oxygens (including phenoxy) is 6. The highest BCUT2D eigenvalue weighted by Crippen LogP contribution is 2.34. The summed E-state index contributed by atoms with van der Waals surface area (Å²) in [6, 6.07) is 22.7. The van der Waals surface area contributed by atoms with E-state index in [1.807, 2.05) is 53.9 Å². The summed E-state index contributed by atoms with van der Waals surface area (Å²) in [6.45, 7) is 11.3. The Kier molecular flexibility index (Phi) is 24.7. The molecule has 1 aliphatic heterocycles. The van der Waals surface area contributed by atoms with E-state index < -0.39 is 24.2 Å². The molecule has 83 heavy (non-hydrogen) atoms. The SMILES string of the molecule is CN[C@@H](C)C(=O)N[C@H](C(=O)N1C[C@@H](Oc2cccc(OCCOCCOCCOCCOCCNC(=O)c3ccc(-c4nc(CNc5nccc(NCC(C)C)n5)cs4)cc3)c2)CC1C(=O)N[C@@H]1CCCc2ccccc21)C1CCCCC1. The largest absolute Gasteiger partial charge is 0.491 e. The van der Waals surface area contributed by atoms with Crippen molar-refractivity contribution in [2.24, 2.45) is 11.8 Å². The predicted molar refractivity (Wildman–Crippen MR) is 320 cm³/mol. The van der Waals surface area contributed by atoms with Crippen molar-refractivity contribution in [2.75, 3.05) is 96.8 Å². The summed E-state index contributed by atoms with van der Waals surface area (Å²) in [6.07, 6.45) is 9.06. The van der Waals surface area contributed by atoms with Crippen molar-refractivity contribution in [1.82, 2.24) is 41.1 Å². The second-order valence-electron chi connectivity index (χ2n) is 21.7. The fraction of sp³-hybridized carbons (Fsp3) is 0.532. The van der Waals surface area contributed by atoms with Crippen molar-refractivity contribution < 1.29 is 47.6 Å². The minimum Gasteiger partial charge on any atom is -0.491 e. The standard InChI is InChI=1S/C62H84N10O10S/c1-42(2)38-66-55-24-25-65-62(70-55)67-39-48-41-83-60(68-48)47-22-20-46(21-23-47)58(74)64-26-27-77-28-29-78-30-31-79-32-33-80-34-35-81-49-16-11-17-50(36-49)82-51-37-54(59(75)69-53-19-10-15-44-12-8-9-18-52(44)53)72(40-51)61(76)56(45-13-6-5-7-14-45)71-57(73)43(3)63-4/h8-9,11-12,16-18,20-25,36,41-43,45,51,53-54,56,63H,5-7,10,13-15,19,26-35,37-40H2,1-4H3,(H,64,74)(H,69,75)(H,71,73)(H2,65,66,67,70)/t43-,51-,53+,54?,56-/m0/s1. The molecule has 20 nitrogen and oxygen atoms in total. The maximum atomic E-state index is 14.8. The lowest BCUT2D eigenvalue weighted by Crippen LogP contribution is -2.58. The Morgan fingerprint density at radius 3 is 2.23 bits per heavy atom. The molecule has 1 unspecified atom stereocenters. The number of aromatic nitrogens is 3. The number of rotatable bonds is 33. The molecule has 2 fully saturated rings. The highest BCUT2D eigenvalue weighted by molar-refractivity contribution is 7.13. The summed E-state index contributed by atoms with van der Waals surface area (Å²) in [5, 5.41) is 21.7. The molecule has 3 aliphatic rings. The summed E-state index contributed by atoms with van der Waals surface area (Å²) >= 11 is 1.54. The van der Waals surface area contributed by atoms with Crippen LogP contribution in [0, 0.1) is 11.8 Å². The molecule has 0 bridgehead atoms. The van der Waals surface area contributed by atoms with Gasteiger partial charge in [-0.15, -0.1) is 11.3 Å². The van der Waals surface area contributed by atoms with Gasteiger partial charge in [0.15, 0.2) is 0 Å². The Hall–Kier alpha value is -6.75. The van der Waals surface area contributed by atoms with Crippen LogP contribution >= 0.6 is 11.3 Å². The number of amides is 4. The molecule has 1 saturated carbocycles. The number of nitrogens with zero attached hydrogens (tertiary/aromatic N) is 4. The number of hydrogen-bond acceptors (Lipinski definition) is 17. The summed E-state index contributed by atoms with van der Waals surface area (Å²) < 4.78 is 35.2. The average molecular weight is 1160 g/mol. The van der Waals surface area contributed by atoms with Gasteiger partial charge in [-0.3, -0.25) is 19.2 Å². The van der Waals surface area contributed by atoms with E-state index >= 15 is 0 Å². The van der Waals surface area contributed by atoms with E-state index in [4.69, 9.17) is 33.4 Å². The lowest BCUT2D eigenvalue weighted by molar-refractivity contribution is -0.143. The van der Waals surface area contributed by atoms with Crippen LogP contribution in [-0.4, -0.2) is 154 Å². The number of hydrogen-bond donors (Lipinski definition) is 6. The lowest BCUT2D eigenvalue weighted by atomic mass is 9.83. The van der Waals surface area contributed by atoms with Gasteiger partial charge < -0.3 is 65.2 Å². The molecule has 0 spiro atoms. The van der Waals surface area contributed by atoms with Gasteiger partial charge in [0.1, 0.15) is 47.1 Å². The quantitative estimate of drug-likeness (QED) is 0.0225. The number of anilines is 2. The van der Waals surface area contributed by atoms with Crippen LogP contribution in [0.4, 0.5) is 11.8 Å². The third-order valence-corrected chi connectivity index (χ3v) is 16.0. The fourth-order valence-corrected chi connectivity index (χ4v) is 11.3. The van der Waals surface area contributed by atoms with Crippen molar-refractivity contribution in [3.8, 4) is 22.1 Å². The first-order valence-corrected chi connectivity index (χ1v) is 30.4. The summed E-state index contributed by atoms with van der Waals surface area (Å²) in [7, 11) is 1.72. The first-order valence-electron chi connectivity index (χ1n) is 29.5. The molecule has 4 amide bonds. The van der Waals surface area contributed by atoms with Crippen molar-refractivity contribution >= 4 is 46.7 Å². The molecule has 2 aliphatic carbocycles. The first kappa shape index (κ1) is 62.3. The Labute approximate surface area is 492 Å². The number of thiazole rings is 1. The molecule has 3 heterocycles. The molecule has 1 saturated heterocycles. The van der Waals surface area contributed by atoms with Gasteiger partial charge in [-0.05, 0) is 99.4 Å². The van der Waals surface area contributed by atoms with Gasteiger partial charge in [0.2, 0.25) is 23.7 Å². The van der Waals surface area contributed by atoms with E-state index in [2.05, 4.69) is 67.8 Å². The minimum absolute atomic E-state index is 0.0227. The summed E-state index contributed by atoms with van der Waals surface area (Å²) in [5.41, 5.74) is 4.71. The predicted octanol–water partition coefficient (Wildman–Crippen LogP) is 7.37. The van der Waals surface area contributed by atoms with Gasteiger partial charge in [0, 0.05) is 48.3 Å². The number of carbonyl (C=O) groups excluding carboxylic acids is 4. The van der Waals surface area contributed by atoms with Crippen LogP contribution in [0.15, 0.2) is 90.4 Å². The van der Waals surface area contributed by atoms with E-state index in [1.54, 1.807) is 43.3 Å². The van der Waals surface area contributed by atoms with Crippen molar-refractivity contribution in [1.29, 1.82) is 0 Å². The molecular weight excluding hydrogens is 1080 g/mol. The van der Waals surface area contributed by atoms with Gasteiger partial charge in [-0.1, -0.05) is 75.6 Å². The van der Waals surface area contributed by atoms with Gasteiger partial charge in [-0.25, -0.2) is 9.97 Å². The van der Waals surface area contributed by atoms with Crippen molar-refractivity contribution in [3.63, 3.8) is 0 Å². The van der Waals surface area contributed by atoms with E-state index in [0.717, 1.165) is 85.6 Å². The number of benzene rings is 3. The molecule has 5 atom stereocenters. The number of nitrogens with one attached hydrogen (secondary N) is 6. The topological polar surface area (TPSA) is 238 Å². The second kappa shape index (κ2) is 32.9. The number of fused-ring (bicyclic) bond motifs is 1. The average Bonchev–Trinajstić information content (AvgIpc) is 4.41.